The third-order valence-electron chi connectivity index (χ3n) is 5.67. The van der Waals surface area contributed by atoms with Crippen LogP contribution in [0.25, 0.3) is 11.2 Å². The molecule has 32 heavy (non-hydrogen) atoms. The summed E-state index contributed by atoms with van der Waals surface area (Å²) >= 11 is 6.31. The number of rotatable bonds is 8. The van der Waals surface area contributed by atoms with Gasteiger partial charge in [0.2, 0.25) is 5.95 Å². The molecule has 172 valence electrons. The van der Waals surface area contributed by atoms with Gasteiger partial charge in [0, 0.05) is 30.4 Å². The fourth-order valence-electron chi connectivity index (χ4n) is 3.98. The second-order valence-electron chi connectivity index (χ2n) is 7.98. The molecule has 2 heterocycles. The van der Waals surface area contributed by atoms with Crippen molar-refractivity contribution in [2.24, 2.45) is 0 Å². The smallest absolute Gasteiger partial charge is 0.227 e. The van der Waals surface area contributed by atoms with Crippen molar-refractivity contribution >= 4 is 40.2 Å². The van der Waals surface area contributed by atoms with Crippen molar-refractivity contribution in [3.05, 3.63) is 23.5 Å². The fourth-order valence-corrected chi connectivity index (χ4v) is 4.24. The van der Waals surface area contributed by atoms with E-state index in [1.54, 1.807) is 32.7 Å². The molecular weight excluding hydrogens is 432 g/mol. The molecule has 1 aliphatic carbocycles. The maximum absolute atomic E-state index is 9.80. The molecule has 3 N–H and O–H groups in total. The molecule has 1 fully saturated rings. The predicted molar refractivity (Wildman–Crippen MR) is 125 cm³/mol. The molecule has 1 aliphatic rings. The predicted octanol–water partition coefficient (Wildman–Crippen LogP) is 4.37. The van der Waals surface area contributed by atoms with E-state index in [0.29, 0.717) is 39.5 Å². The van der Waals surface area contributed by atoms with Crippen molar-refractivity contribution < 1.29 is 14.6 Å². The molecule has 10 heteroatoms. The molecule has 0 aliphatic heterocycles. The Kier molecular flexibility index (Phi) is 6.86. The second-order valence-corrected chi connectivity index (χ2v) is 8.35. The molecule has 4 rings (SSSR count). The first-order valence-electron chi connectivity index (χ1n) is 10.9. The van der Waals surface area contributed by atoms with E-state index in [9.17, 15) is 5.11 Å². The van der Waals surface area contributed by atoms with Crippen molar-refractivity contribution in [2.45, 2.75) is 57.7 Å². The van der Waals surface area contributed by atoms with Crippen LogP contribution >= 0.6 is 11.6 Å². The average molecular weight is 461 g/mol. The molecule has 3 aromatic rings. The van der Waals surface area contributed by atoms with Gasteiger partial charge < -0.3 is 29.8 Å². The topological polar surface area (TPSA) is 106 Å². The number of halogens is 1. The van der Waals surface area contributed by atoms with Crippen LogP contribution in [0.5, 0.6) is 11.5 Å². The van der Waals surface area contributed by atoms with E-state index in [0.717, 1.165) is 44.3 Å². The van der Waals surface area contributed by atoms with E-state index in [4.69, 9.17) is 31.0 Å². The summed E-state index contributed by atoms with van der Waals surface area (Å²) in [6.07, 6.45) is 5.86. The van der Waals surface area contributed by atoms with E-state index in [2.05, 4.69) is 22.5 Å². The van der Waals surface area contributed by atoms with E-state index >= 15 is 0 Å². The molecule has 0 saturated heterocycles. The summed E-state index contributed by atoms with van der Waals surface area (Å²) in [4.78, 5) is 14.0. The Bertz CT molecular complexity index is 1060. The van der Waals surface area contributed by atoms with Gasteiger partial charge >= 0.3 is 0 Å². The Morgan fingerprint density at radius 2 is 1.81 bits per heavy atom. The molecular formula is C22H29ClN6O3. The van der Waals surface area contributed by atoms with Crippen molar-refractivity contribution in [3.63, 3.8) is 0 Å². The lowest BCUT2D eigenvalue weighted by molar-refractivity contribution is 0.126. The minimum Gasteiger partial charge on any atom is -0.495 e. The number of hydrogen-bond donors (Lipinski definition) is 3. The SMILES string of the molecule is CCCn1cnc2c(Nc3cc(OC)c(Cl)c(OC)c3)nc(NC3CCC(O)CC3)nc21. The molecule has 0 unspecified atom stereocenters. The summed E-state index contributed by atoms with van der Waals surface area (Å²) < 4.78 is 12.8. The van der Waals surface area contributed by atoms with Gasteiger partial charge in [-0.1, -0.05) is 18.5 Å². The first-order chi connectivity index (χ1) is 15.5. The van der Waals surface area contributed by atoms with Gasteiger partial charge in [0.05, 0.1) is 26.7 Å². The molecule has 0 atom stereocenters. The summed E-state index contributed by atoms with van der Waals surface area (Å²) in [5.74, 6) is 2.10. The van der Waals surface area contributed by atoms with Gasteiger partial charge in [-0.25, -0.2) is 4.98 Å². The Hall–Kier alpha value is -2.78. The summed E-state index contributed by atoms with van der Waals surface area (Å²) in [6, 6.07) is 3.80. The maximum Gasteiger partial charge on any atom is 0.227 e. The zero-order valence-corrected chi connectivity index (χ0v) is 19.3. The average Bonchev–Trinajstić information content (AvgIpc) is 3.19. The molecule has 1 aromatic carbocycles. The van der Waals surface area contributed by atoms with Crippen LogP contribution in [0.4, 0.5) is 17.5 Å². The second kappa shape index (κ2) is 9.79. The Morgan fingerprint density at radius 1 is 1.12 bits per heavy atom. The number of aliphatic hydroxyl groups excluding tert-OH is 1. The lowest BCUT2D eigenvalue weighted by Crippen LogP contribution is -2.29. The Morgan fingerprint density at radius 3 is 2.44 bits per heavy atom. The van der Waals surface area contributed by atoms with Gasteiger partial charge in [0.15, 0.2) is 17.0 Å². The highest BCUT2D eigenvalue weighted by atomic mass is 35.5. The van der Waals surface area contributed by atoms with Crippen molar-refractivity contribution in [1.29, 1.82) is 0 Å². The number of hydrogen-bond acceptors (Lipinski definition) is 8. The molecule has 0 radical (unpaired) electrons. The highest BCUT2D eigenvalue weighted by molar-refractivity contribution is 6.33. The van der Waals surface area contributed by atoms with Crippen LogP contribution in [0.2, 0.25) is 5.02 Å². The molecule has 9 nitrogen and oxygen atoms in total. The van der Waals surface area contributed by atoms with Crippen molar-refractivity contribution in [1.82, 2.24) is 19.5 Å². The van der Waals surface area contributed by atoms with E-state index in [1.807, 2.05) is 4.57 Å². The number of methoxy groups -OCH3 is 2. The lowest BCUT2D eigenvalue weighted by atomic mass is 9.93. The number of ether oxygens (including phenoxy) is 2. The van der Waals surface area contributed by atoms with Crippen LogP contribution in [0, 0.1) is 0 Å². The van der Waals surface area contributed by atoms with Crippen LogP contribution in [0.3, 0.4) is 0 Å². The van der Waals surface area contributed by atoms with Crippen LogP contribution in [0.15, 0.2) is 18.5 Å². The van der Waals surface area contributed by atoms with Gasteiger partial charge in [-0.3, -0.25) is 0 Å². The number of nitrogens with one attached hydrogen (secondary N) is 2. The molecule has 0 bridgehead atoms. The van der Waals surface area contributed by atoms with Crippen LogP contribution in [-0.2, 0) is 6.54 Å². The Labute approximate surface area is 192 Å². The van der Waals surface area contributed by atoms with Crippen molar-refractivity contribution in [3.8, 4) is 11.5 Å². The first-order valence-corrected chi connectivity index (χ1v) is 11.3. The largest absolute Gasteiger partial charge is 0.495 e. The normalized spacial score (nSPS) is 18.5. The number of aromatic nitrogens is 4. The fraction of sp³-hybridized carbons (Fsp3) is 0.500. The van der Waals surface area contributed by atoms with Crippen molar-refractivity contribution in [2.75, 3.05) is 24.9 Å². The summed E-state index contributed by atoms with van der Waals surface area (Å²) in [6.45, 7) is 2.93. The third kappa shape index (κ3) is 4.68. The molecule has 1 saturated carbocycles. The van der Waals surface area contributed by atoms with Crippen LogP contribution < -0.4 is 20.1 Å². The third-order valence-corrected chi connectivity index (χ3v) is 6.04. The first kappa shape index (κ1) is 22.4. The summed E-state index contributed by atoms with van der Waals surface area (Å²) in [5.41, 5.74) is 2.14. The summed E-state index contributed by atoms with van der Waals surface area (Å²) in [5, 5.41) is 17.0. The maximum atomic E-state index is 9.80. The molecule has 0 amide bonds. The number of aliphatic hydroxyl groups is 1. The lowest BCUT2D eigenvalue weighted by Gasteiger charge is -2.26. The van der Waals surface area contributed by atoms with Gasteiger partial charge in [0.1, 0.15) is 16.5 Å². The van der Waals surface area contributed by atoms with E-state index < -0.39 is 0 Å². The number of fused-ring (bicyclic) bond motifs is 1. The van der Waals surface area contributed by atoms with Crippen LogP contribution in [0.1, 0.15) is 39.0 Å². The minimum atomic E-state index is -0.213. The number of benzene rings is 1. The van der Waals surface area contributed by atoms with Crippen LogP contribution in [-0.4, -0.2) is 51.0 Å². The van der Waals surface area contributed by atoms with Gasteiger partial charge in [-0.15, -0.1) is 0 Å². The zero-order valence-electron chi connectivity index (χ0n) is 18.6. The number of anilines is 3. The quantitative estimate of drug-likeness (QED) is 0.455. The van der Waals surface area contributed by atoms with Gasteiger partial charge in [-0.2, -0.15) is 9.97 Å². The highest BCUT2D eigenvalue weighted by Crippen LogP contribution is 2.38. The number of aryl methyl sites for hydroxylation is 1. The monoisotopic (exact) mass is 460 g/mol. The summed E-state index contributed by atoms with van der Waals surface area (Å²) in [7, 11) is 3.12. The van der Waals surface area contributed by atoms with E-state index in [-0.39, 0.29) is 12.1 Å². The zero-order chi connectivity index (χ0) is 22.7. The number of imidazole rings is 1. The highest BCUT2D eigenvalue weighted by Gasteiger charge is 2.22. The number of nitrogens with zero attached hydrogens (tertiary/aromatic N) is 4. The molecule has 0 spiro atoms. The van der Waals surface area contributed by atoms with Gasteiger partial charge in [0.25, 0.3) is 0 Å². The molecule has 2 aromatic heterocycles. The van der Waals surface area contributed by atoms with Gasteiger partial charge in [-0.05, 0) is 32.1 Å². The van der Waals surface area contributed by atoms with E-state index in [1.165, 1.54) is 0 Å². The minimum absolute atomic E-state index is 0.213. The standard InChI is InChI=1S/C22H29ClN6O3/c1-4-9-29-12-24-19-20(25-14-10-16(31-2)18(23)17(11-14)32-3)27-22(28-21(19)29)26-13-5-7-15(30)8-6-13/h10-13,15,30H,4-9H2,1-3H3,(H2,25,26,27,28). The Balaban J connectivity index is 1.71.